The Labute approximate surface area is 160 Å². The minimum Gasteiger partial charge on any atom is -0.351 e. The Morgan fingerprint density at radius 1 is 1.23 bits per heavy atom. The van der Waals surface area contributed by atoms with Gasteiger partial charge in [-0.05, 0) is 49.5 Å². The number of aromatic amines is 1. The third kappa shape index (κ3) is 4.05. The maximum Gasteiger partial charge on any atom is 0.262 e. The molecule has 0 unspecified atom stereocenters. The third-order valence-electron chi connectivity index (χ3n) is 3.96. The van der Waals surface area contributed by atoms with Crippen LogP contribution < -0.4 is 10.9 Å². The molecule has 3 rings (SSSR count). The Morgan fingerprint density at radius 2 is 2.00 bits per heavy atom. The number of benzene rings is 2. The summed E-state index contributed by atoms with van der Waals surface area (Å²) < 4.78 is 1.86. The molecule has 7 heteroatoms. The zero-order chi connectivity index (χ0) is 18.5. The molecule has 1 aromatic heterocycles. The predicted octanol–water partition coefficient (Wildman–Crippen LogP) is 3.60. The lowest BCUT2D eigenvalue weighted by molar-refractivity contribution is 0.0956. The van der Waals surface area contributed by atoms with Gasteiger partial charge in [-0.2, -0.15) is 0 Å². The highest BCUT2D eigenvalue weighted by Gasteiger charge is 2.09. The quantitative estimate of drug-likeness (QED) is 0.386. The second-order valence-corrected chi connectivity index (χ2v) is 7.21. The number of H-pyrrole nitrogens is 1. The molecule has 1 amide bonds. The second-order valence-electron chi connectivity index (χ2n) is 5.66. The molecule has 0 fully saturated rings. The van der Waals surface area contributed by atoms with Crippen LogP contribution in [0, 0.1) is 4.77 Å². The molecular formula is C19H19N3O2S2. The smallest absolute Gasteiger partial charge is 0.262 e. The molecule has 5 nitrogen and oxygen atoms in total. The van der Waals surface area contributed by atoms with Crippen LogP contribution in [0.5, 0.6) is 0 Å². The minimum absolute atomic E-state index is 0.141. The molecule has 0 aliphatic carbocycles. The van der Waals surface area contributed by atoms with Crippen LogP contribution in [0.3, 0.4) is 0 Å². The lowest BCUT2D eigenvalue weighted by atomic mass is 10.1. The fraction of sp³-hybridized carbons (Fsp3) is 0.211. The number of nitrogens with zero attached hydrogens (tertiary/aromatic N) is 1. The second kappa shape index (κ2) is 8.33. The highest BCUT2D eigenvalue weighted by Crippen LogP contribution is 2.16. The largest absolute Gasteiger partial charge is 0.351 e. The molecule has 0 atom stereocenters. The number of thioether (sulfide) groups is 1. The van der Waals surface area contributed by atoms with Crippen molar-refractivity contribution in [2.75, 3.05) is 12.3 Å². The van der Waals surface area contributed by atoms with Crippen LogP contribution in [0.4, 0.5) is 0 Å². The monoisotopic (exact) mass is 385 g/mol. The van der Waals surface area contributed by atoms with E-state index < -0.39 is 0 Å². The zero-order valence-electron chi connectivity index (χ0n) is 14.3. The van der Waals surface area contributed by atoms with Crippen molar-refractivity contribution < 1.29 is 4.79 Å². The SMILES string of the molecule is CCn1c(=S)[nH]c2cc(C(=O)NCCSc3ccccc3)ccc2c1=O. The summed E-state index contributed by atoms with van der Waals surface area (Å²) in [5.74, 6) is 0.618. The number of carbonyl (C=O) groups is 1. The molecule has 0 saturated carbocycles. The van der Waals surface area contributed by atoms with E-state index >= 15 is 0 Å². The first kappa shape index (κ1) is 18.4. The number of fused-ring (bicyclic) bond motifs is 1. The van der Waals surface area contributed by atoms with E-state index in [9.17, 15) is 9.59 Å². The predicted molar refractivity (Wildman–Crippen MR) is 109 cm³/mol. The summed E-state index contributed by atoms with van der Waals surface area (Å²) in [4.78, 5) is 28.9. The number of hydrogen-bond acceptors (Lipinski definition) is 4. The first-order valence-corrected chi connectivity index (χ1v) is 9.72. The average molecular weight is 386 g/mol. The van der Waals surface area contributed by atoms with E-state index in [-0.39, 0.29) is 11.5 Å². The molecule has 0 aliphatic rings. The normalized spacial score (nSPS) is 10.8. The summed E-state index contributed by atoms with van der Waals surface area (Å²) in [5, 5.41) is 3.43. The molecular weight excluding hydrogens is 366 g/mol. The van der Waals surface area contributed by atoms with Crippen molar-refractivity contribution in [2.45, 2.75) is 18.4 Å². The summed E-state index contributed by atoms with van der Waals surface area (Å²) in [6.45, 7) is 2.93. The molecule has 0 radical (unpaired) electrons. The number of hydrogen-bond donors (Lipinski definition) is 2. The summed E-state index contributed by atoms with van der Waals surface area (Å²) in [5.41, 5.74) is 0.940. The first-order chi connectivity index (χ1) is 12.6. The number of carbonyl (C=O) groups excluding carboxylic acids is 1. The standard InChI is InChI=1S/C19H19N3O2S2/c1-2-22-18(24)15-9-8-13(12-16(15)21-19(22)25)17(23)20-10-11-26-14-6-4-3-5-7-14/h3-9,12H,2,10-11H2,1H3,(H,20,23)(H,21,25). The third-order valence-corrected chi connectivity index (χ3v) is 5.30. The van der Waals surface area contributed by atoms with E-state index in [0.29, 0.717) is 34.3 Å². The van der Waals surface area contributed by atoms with Crippen LogP contribution in [0.15, 0.2) is 58.2 Å². The summed E-state index contributed by atoms with van der Waals surface area (Å²) in [7, 11) is 0. The number of nitrogens with one attached hydrogen (secondary N) is 2. The van der Waals surface area contributed by atoms with Gasteiger partial charge in [-0.1, -0.05) is 18.2 Å². The molecule has 3 aromatic rings. The Hall–Kier alpha value is -2.38. The first-order valence-electron chi connectivity index (χ1n) is 8.33. The molecule has 134 valence electrons. The van der Waals surface area contributed by atoms with Gasteiger partial charge in [0.25, 0.3) is 11.5 Å². The van der Waals surface area contributed by atoms with Gasteiger partial charge in [0.05, 0.1) is 10.9 Å². The molecule has 2 aromatic carbocycles. The fourth-order valence-electron chi connectivity index (χ4n) is 2.64. The lowest BCUT2D eigenvalue weighted by Crippen LogP contribution is -2.26. The fourth-order valence-corrected chi connectivity index (χ4v) is 3.75. The van der Waals surface area contributed by atoms with Crippen LogP contribution in [0.2, 0.25) is 0 Å². The highest BCUT2D eigenvalue weighted by atomic mass is 32.2. The Balaban J connectivity index is 1.69. The summed E-state index contributed by atoms with van der Waals surface area (Å²) in [6, 6.07) is 15.1. The van der Waals surface area contributed by atoms with Gasteiger partial charge in [0.2, 0.25) is 0 Å². The molecule has 0 spiro atoms. The van der Waals surface area contributed by atoms with Crippen LogP contribution in [0.25, 0.3) is 10.9 Å². The van der Waals surface area contributed by atoms with Gasteiger partial charge >= 0.3 is 0 Å². The van der Waals surface area contributed by atoms with Gasteiger partial charge in [0, 0.05) is 29.3 Å². The van der Waals surface area contributed by atoms with Crippen molar-refractivity contribution in [3.05, 3.63) is 69.2 Å². The molecule has 26 heavy (non-hydrogen) atoms. The minimum atomic E-state index is -0.167. The van der Waals surface area contributed by atoms with E-state index in [2.05, 4.69) is 10.3 Å². The van der Waals surface area contributed by atoms with Crippen molar-refractivity contribution in [1.29, 1.82) is 0 Å². The van der Waals surface area contributed by atoms with Gasteiger partial charge in [-0.25, -0.2) is 0 Å². The van der Waals surface area contributed by atoms with Crippen molar-refractivity contribution in [1.82, 2.24) is 14.9 Å². The molecule has 0 saturated heterocycles. The molecule has 0 bridgehead atoms. The van der Waals surface area contributed by atoms with Crippen LogP contribution in [-0.2, 0) is 6.54 Å². The van der Waals surface area contributed by atoms with E-state index in [4.69, 9.17) is 12.2 Å². The maximum atomic E-state index is 12.4. The van der Waals surface area contributed by atoms with Crippen molar-refractivity contribution in [3.63, 3.8) is 0 Å². The topological polar surface area (TPSA) is 66.9 Å². The lowest BCUT2D eigenvalue weighted by Gasteiger charge is -2.08. The average Bonchev–Trinajstić information content (AvgIpc) is 2.65. The van der Waals surface area contributed by atoms with Crippen LogP contribution >= 0.6 is 24.0 Å². The number of rotatable bonds is 6. The van der Waals surface area contributed by atoms with E-state index in [1.807, 2.05) is 37.3 Å². The zero-order valence-corrected chi connectivity index (χ0v) is 16.0. The van der Waals surface area contributed by atoms with Crippen molar-refractivity contribution in [2.24, 2.45) is 0 Å². The Morgan fingerprint density at radius 3 is 2.73 bits per heavy atom. The van der Waals surface area contributed by atoms with E-state index in [1.54, 1.807) is 30.0 Å². The van der Waals surface area contributed by atoms with Crippen LogP contribution in [-0.4, -0.2) is 27.8 Å². The number of aromatic nitrogens is 2. The molecule has 0 aliphatic heterocycles. The van der Waals surface area contributed by atoms with Gasteiger partial charge in [-0.15, -0.1) is 11.8 Å². The molecule has 1 heterocycles. The summed E-state index contributed by atoms with van der Waals surface area (Å²) >= 11 is 6.90. The maximum absolute atomic E-state index is 12.4. The van der Waals surface area contributed by atoms with E-state index in [0.717, 1.165) is 5.75 Å². The van der Waals surface area contributed by atoms with Crippen LogP contribution in [0.1, 0.15) is 17.3 Å². The number of amides is 1. The van der Waals surface area contributed by atoms with Crippen molar-refractivity contribution >= 4 is 40.8 Å². The Bertz CT molecular complexity index is 1040. The van der Waals surface area contributed by atoms with Gasteiger partial charge in [0.1, 0.15) is 0 Å². The van der Waals surface area contributed by atoms with E-state index in [1.165, 1.54) is 9.46 Å². The Kier molecular flexibility index (Phi) is 5.90. The van der Waals surface area contributed by atoms with Gasteiger partial charge < -0.3 is 10.3 Å². The van der Waals surface area contributed by atoms with Crippen molar-refractivity contribution in [3.8, 4) is 0 Å². The van der Waals surface area contributed by atoms with Gasteiger partial charge in [-0.3, -0.25) is 14.2 Å². The summed E-state index contributed by atoms with van der Waals surface area (Å²) in [6.07, 6.45) is 0. The van der Waals surface area contributed by atoms with Gasteiger partial charge in [0.15, 0.2) is 4.77 Å². The molecule has 2 N–H and O–H groups in total. The highest BCUT2D eigenvalue weighted by molar-refractivity contribution is 7.99.